The lowest BCUT2D eigenvalue weighted by molar-refractivity contribution is -0.0178. The van der Waals surface area contributed by atoms with E-state index in [1.165, 1.54) is 18.4 Å². The van der Waals surface area contributed by atoms with Crippen LogP contribution in [0.4, 0.5) is 0 Å². The molecule has 0 spiro atoms. The van der Waals surface area contributed by atoms with Gasteiger partial charge >= 0.3 is 0 Å². The van der Waals surface area contributed by atoms with E-state index in [-0.39, 0.29) is 18.9 Å². The topological polar surface area (TPSA) is 40.2 Å². The van der Waals surface area contributed by atoms with Crippen LogP contribution in [-0.2, 0) is 0 Å². The quantitative estimate of drug-likeness (QED) is 0.820. The van der Waals surface area contributed by atoms with Crippen LogP contribution in [0.1, 0.15) is 36.8 Å². The van der Waals surface area contributed by atoms with E-state index >= 15 is 0 Å². The van der Waals surface area contributed by atoms with Crippen LogP contribution in [-0.4, -0.2) is 38.1 Å². The van der Waals surface area contributed by atoms with Crippen LogP contribution in [0.25, 0.3) is 0 Å². The summed E-state index contributed by atoms with van der Waals surface area (Å²) in [6.07, 6.45) is 2.55. The van der Waals surface area contributed by atoms with Gasteiger partial charge in [0.15, 0.2) is 17.7 Å². The van der Waals surface area contributed by atoms with Crippen molar-refractivity contribution in [3.8, 4) is 23.0 Å². The van der Waals surface area contributed by atoms with E-state index in [4.69, 9.17) is 18.9 Å². The Bertz CT molecular complexity index is 846. The minimum absolute atomic E-state index is 0.0663. The van der Waals surface area contributed by atoms with Crippen molar-refractivity contribution >= 4 is 0 Å². The Morgan fingerprint density at radius 2 is 1.78 bits per heavy atom. The first-order valence-corrected chi connectivity index (χ1v) is 9.73. The summed E-state index contributed by atoms with van der Waals surface area (Å²) in [6.45, 7) is 4.76. The molecule has 1 fully saturated rings. The fourth-order valence-corrected chi connectivity index (χ4v) is 4.69. The summed E-state index contributed by atoms with van der Waals surface area (Å²) in [4.78, 5) is 2.48. The first-order valence-electron chi connectivity index (χ1n) is 9.73. The van der Waals surface area contributed by atoms with Gasteiger partial charge in [-0.2, -0.15) is 0 Å². The summed E-state index contributed by atoms with van der Waals surface area (Å²) in [5, 5.41) is 0. The van der Waals surface area contributed by atoms with Crippen molar-refractivity contribution in [2.45, 2.75) is 31.9 Å². The Kier molecular flexibility index (Phi) is 4.12. The summed E-state index contributed by atoms with van der Waals surface area (Å²) in [6, 6.07) is 12.5. The number of rotatable bonds is 3. The molecule has 0 amide bonds. The molecule has 0 aromatic heterocycles. The Labute approximate surface area is 159 Å². The smallest absolute Gasteiger partial charge is 0.231 e. The summed E-state index contributed by atoms with van der Waals surface area (Å²) < 4.78 is 23.2. The largest absolute Gasteiger partial charge is 0.497 e. The molecule has 3 unspecified atom stereocenters. The van der Waals surface area contributed by atoms with Gasteiger partial charge in [-0.15, -0.1) is 0 Å². The molecule has 0 radical (unpaired) electrons. The lowest BCUT2D eigenvalue weighted by Gasteiger charge is -2.42. The van der Waals surface area contributed by atoms with E-state index in [1.54, 1.807) is 7.11 Å². The summed E-state index contributed by atoms with van der Waals surface area (Å²) in [7, 11) is 1.71. The highest BCUT2D eigenvalue weighted by molar-refractivity contribution is 5.56. The predicted octanol–water partition coefficient (Wildman–Crippen LogP) is 4.01. The average molecular weight is 367 g/mol. The van der Waals surface area contributed by atoms with Crippen molar-refractivity contribution in [1.82, 2.24) is 4.90 Å². The normalized spacial score (nSPS) is 26.5. The Morgan fingerprint density at radius 3 is 2.56 bits per heavy atom. The number of nitrogens with zero attached hydrogens (tertiary/aromatic N) is 1. The molecule has 2 aromatic carbocycles. The van der Waals surface area contributed by atoms with Gasteiger partial charge in [0.25, 0.3) is 0 Å². The number of likely N-dealkylation sites (tertiary alicyclic amines) is 1. The van der Waals surface area contributed by atoms with Gasteiger partial charge in [0.2, 0.25) is 6.79 Å². The van der Waals surface area contributed by atoms with Gasteiger partial charge in [0, 0.05) is 36.6 Å². The molecule has 0 N–H and O–H groups in total. The van der Waals surface area contributed by atoms with Crippen molar-refractivity contribution in [2.24, 2.45) is 5.92 Å². The maximum Gasteiger partial charge on any atom is 0.231 e. The van der Waals surface area contributed by atoms with Gasteiger partial charge in [0.1, 0.15) is 11.5 Å². The maximum atomic E-state index is 6.52. The number of methoxy groups -OCH3 is 1. The lowest BCUT2D eigenvalue weighted by Crippen LogP contribution is -2.46. The molecule has 27 heavy (non-hydrogen) atoms. The molecular formula is C22H25NO4. The van der Waals surface area contributed by atoms with Crippen molar-refractivity contribution < 1.29 is 18.9 Å². The number of ether oxygens (including phenoxy) is 4. The van der Waals surface area contributed by atoms with Crippen LogP contribution in [0.3, 0.4) is 0 Å². The Hall–Kier alpha value is -2.40. The van der Waals surface area contributed by atoms with Gasteiger partial charge in [-0.25, -0.2) is 0 Å². The number of hydrogen-bond donors (Lipinski definition) is 0. The van der Waals surface area contributed by atoms with Crippen molar-refractivity contribution in [2.75, 3.05) is 27.0 Å². The fourth-order valence-electron chi connectivity index (χ4n) is 4.69. The number of fused-ring (bicyclic) bond motifs is 2. The second kappa shape index (κ2) is 6.64. The molecule has 5 rings (SSSR count). The van der Waals surface area contributed by atoms with E-state index in [0.717, 1.165) is 41.7 Å². The van der Waals surface area contributed by atoms with Gasteiger partial charge in [0.05, 0.1) is 7.11 Å². The third kappa shape index (κ3) is 2.81. The summed E-state index contributed by atoms with van der Waals surface area (Å²) in [5.74, 6) is 3.88. The van der Waals surface area contributed by atoms with Crippen molar-refractivity contribution in [3.63, 3.8) is 0 Å². The van der Waals surface area contributed by atoms with Crippen LogP contribution in [0, 0.1) is 5.92 Å². The standard InChI is InChI=1S/C22H25NO4/c1-14-21(15-6-5-7-16(10-15)24-2)17-11-19-20(26-13-25-19)12-18(17)27-22(14)23-8-3-4-9-23/h5-7,10-12,14,21-22H,3-4,8-9,13H2,1-2H3. The first kappa shape index (κ1) is 16.8. The van der Waals surface area contributed by atoms with E-state index in [9.17, 15) is 0 Å². The molecule has 0 aliphatic carbocycles. The monoisotopic (exact) mass is 367 g/mol. The summed E-state index contributed by atoms with van der Waals surface area (Å²) in [5.41, 5.74) is 2.41. The summed E-state index contributed by atoms with van der Waals surface area (Å²) >= 11 is 0. The van der Waals surface area contributed by atoms with Gasteiger partial charge < -0.3 is 18.9 Å². The van der Waals surface area contributed by atoms with E-state index < -0.39 is 0 Å². The Morgan fingerprint density at radius 1 is 1.00 bits per heavy atom. The zero-order valence-electron chi connectivity index (χ0n) is 15.8. The maximum absolute atomic E-state index is 6.52. The van der Waals surface area contributed by atoms with Crippen molar-refractivity contribution in [1.29, 1.82) is 0 Å². The molecule has 5 heteroatoms. The third-order valence-corrected chi connectivity index (χ3v) is 6.02. The van der Waals surface area contributed by atoms with Crippen LogP contribution >= 0.6 is 0 Å². The molecule has 3 heterocycles. The SMILES string of the molecule is COc1cccc(C2c3cc4c(cc3OC(N3CCCC3)C2C)OCO4)c1. The Balaban J connectivity index is 1.62. The molecular weight excluding hydrogens is 342 g/mol. The van der Waals surface area contributed by atoms with Gasteiger partial charge in [-0.3, -0.25) is 4.90 Å². The molecule has 142 valence electrons. The van der Waals surface area contributed by atoms with Crippen LogP contribution in [0.5, 0.6) is 23.0 Å². The van der Waals surface area contributed by atoms with Gasteiger partial charge in [-0.1, -0.05) is 19.1 Å². The second-order valence-corrected chi connectivity index (χ2v) is 7.61. The molecule has 1 saturated heterocycles. The molecule has 5 nitrogen and oxygen atoms in total. The fraction of sp³-hybridized carbons (Fsp3) is 0.455. The molecule has 3 aliphatic rings. The van der Waals surface area contributed by atoms with Crippen molar-refractivity contribution in [3.05, 3.63) is 47.5 Å². The molecule has 0 saturated carbocycles. The first-order chi connectivity index (χ1) is 13.2. The van der Waals surface area contributed by atoms with Gasteiger partial charge in [-0.05, 0) is 36.6 Å². The van der Waals surface area contributed by atoms with E-state index in [1.807, 2.05) is 12.1 Å². The average Bonchev–Trinajstić information content (AvgIpc) is 3.37. The molecule has 3 aliphatic heterocycles. The highest BCUT2D eigenvalue weighted by Crippen LogP contribution is 2.50. The lowest BCUT2D eigenvalue weighted by atomic mass is 9.78. The second-order valence-electron chi connectivity index (χ2n) is 7.61. The van der Waals surface area contributed by atoms with E-state index in [2.05, 4.69) is 36.1 Å². The third-order valence-electron chi connectivity index (χ3n) is 6.02. The van der Waals surface area contributed by atoms with Crippen LogP contribution in [0.15, 0.2) is 36.4 Å². The molecule has 0 bridgehead atoms. The number of benzene rings is 2. The minimum atomic E-state index is 0.0663. The number of hydrogen-bond acceptors (Lipinski definition) is 5. The highest BCUT2D eigenvalue weighted by atomic mass is 16.7. The molecule has 3 atom stereocenters. The van der Waals surface area contributed by atoms with Crippen LogP contribution in [0.2, 0.25) is 0 Å². The zero-order chi connectivity index (χ0) is 18.4. The molecule has 2 aromatic rings. The van der Waals surface area contributed by atoms with Crippen LogP contribution < -0.4 is 18.9 Å². The van der Waals surface area contributed by atoms with E-state index in [0.29, 0.717) is 5.92 Å². The predicted molar refractivity (Wildman–Crippen MR) is 102 cm³/mol. The zero-order valence-corrected chi connectivity index (χ0v) is 15.8. The minimum Gasteiger partial charge on any atom is -0.497 e. The highest BCUT2D eigenvalue weighted by Gasteiger charge is 2.41.